The molecular formula is C23H23N3O5S. The number of para-hydroxylation sites is 1. The van der Waals surface area contributed by atoms with Gasteiger partial charge in [0.05, 0.1) is 4.90 Å². The van der Waals surface area contributed by atoms with Crippen molar-refractivity contribution in [3.63, 3.8) is 0 Å². The molecule has 0 bridgehead atoms. The topological polar surface area (TPSA) is 114 Å². The summed E-state index contributed by atoms with van der Waals surface area (Å²) in [7, 11) is -3.75. The number of aryl methyl sites for hydroxylation is 1. The van der Waals surface area contributed by atoms with Crippen molar-refractivity contribution >= 4 is 38.9 Å². The molecule has 0 fully saturated rings. The van der Waals surface area contributed by atoms with E-state index < -0.39 is 10.0 Å². The van der Waals surface area contributed by atoms with Crippen molar-refractivity contribution in [1.29, 1.82) is 0 Å². The molecule has 0 radical (unpaired) electrons. The molecule has 9 heteroatoms. The summed E-state index contributed by atoms with van der Waals surface area (Å²) in [6.45, 7) is 2.87. The van der Waals surface area contributed by atoms with Crippen LogP contribution in [0.25, 0.3) is 0 Å². The van der Waals surface area contributed by atoms with E-state index in [1.54, 1.807) is 61.5 Å². The van der Waals surface area contributed by atoms with Crippen LogP contribution in [0.4, 0.5) is 17.1 Å². The monoisotopic (exact) mass is 453 g/mol. The van der Waals surface area contributed by atoms with Crippen LogP contribution in [0.1, 0.15) is 12.5 Å². The molecule has 3 N–H and O–H groups in total. The molecule has 0 atom stereocenters. The molecule has 3 aromatic rings. The highest BCUT2D eigenvalue weighted by molar-refractivity contribution is 7.92. The van der Waals surface area contributed by atoms with Crippen molar-refractivity contribution < 1.29 is 22.7 Å². The number of anilines is 3. The summed E-state index contributed by atoms with van der Waals surface area (Å²) < 4.78 is 33.2. The molecule has 0 aliphatic carbocycles. The first kappa shape index (κ1) is 22.8. The van der Waals surface area contributed by atoms with Gasteiger partial charge >= 0.3 is 0 Å². The van der Waals surface area contributed by atoms with Gasteiger partial charge in [0.1, 0.15) is 5.75 Å². The molecule has 32 heavy (non-hydrogen) atoms. The third-order valence-corrected chi connectivity index (χ3v) is 5.71. The molecule has 2 amide bonds. The smallest absolute Gasteiger partial charge is 0.262 e. The van der Waals surface area contributed by atoms with Gasteiger partial charge in [-0.2, -0.15) is 0 Å². The summed E-state index contributed by atoms with van der Waals surface area (Å²) in [5.41, 5.74) is 2.22. The van der Waals surface area contributed by atoms with Gasteiger partial charge in [0, 0.05) is 24.0 Å². The first-order valence-corrected chi connectivity index (χ1v) is 11.2. The summed E-state index contributed by atoms with van der Waals surface area (Å²) in [6.07, 6.45) is 0. The highest BCUT2D eigenvalue weighted by Crippen LogP contribution is 2.23. The van der Waals surface area contributed by atoms with Crippen LogP contribution >= 0.6 is 0 Å². The minimum Gasteiger partial charge on any atom is -0.483 e. The number of carbonyl (C=O) groups is 2. The highest BCUT2D eigenvalue weighted by atomic mass is 32.2. The average molecular weight is 454 g/mol. The Labute approximate surface area is 186 Å². The second-order valence-corrected chi connectivity index (χ2v) is 8.68. The predicted octanol–water partition coefficient (Wildman–Crippen LogP) is 3.77. The Bertz CT molecular complexity index is 1210. The molecule has 0 aliphatic heterocycles. The molecule has 0 unspecified atom stereocenters. The van der Waals surface area contributed by atoms with Crippen LogP contribution in [0.15, 0.2) is 77.7 Å². The Hall–Kier alpha value is -3.85. The molecular weight excluding hydrogens is 430 g/mol. The molecule has 0 saturated carbocycles. The summed E-state index contributed by atoms with van der Waals surface area (Å²) >= 11 is 0. The van der Waals surface area contributed by atoms with Crippen molar-refractivity contribution in [3.8, 4) is 5.75 Å². The van der Waals surface area contributed by atoms with Gasteiger partial charge in [-0.15, -0.1) is 0 Å². The van der Waals surface area contributed by atoms with E-state index in [-0.39, 0.29) is 23.3 Å². The van der Waals surface area contributed by atoms with Gasteiger partial charge in [-0.25, -0.2) is 8.42 Å². The van der Waals surface area contributed by atoms with Crippen LogP contribution in [0.3, 0.4) is 0 Å². The average Bonchev–Trinajstić information content (AvgIpc) is 2.74. The van der Waals surface area contributed by atoms with E-state index in [2.05, 4.69) is 15.4 Å². The molecule has 0 heterocycles. The van der Waals surface area contributed by atoms with Crippen LogP contribution in [0, 0.1) is 6.92 Å². The molecule has 3 rings (SSSR count). The third-order valence-electron chi connectivity index (χ3n) is 4.33. The SMILES string of the molecule is CC(=O)Nc1ccc(NC(=O)COc2ccc(S(=O)(=O)Nc3ccccc3)cc2C)cc1. The summed E-state index contributed by atoms with van der Waals surface area (Å²) in [6, 6.07) is 19.7. The van der Waals surface area contributed by atoms with E-state index in [1.165, 1.54) is 25.1 Å². The predicted molar refractivity (Wildman–Crippen MR) is 123 cm³/mol. The lowest BCUT2D eigenvalue weighted by Gasteiger charge is -2.12. The Morgan fingerprint density at radius 1 is 0.844 bits per heavy atom. The number of benzene rings is 3. The van der Waals surface area contributed by atoms with Gasteiger partial charge in [0.2, 0.25) is 5.91 Å². The third kappa shape index (κ3) is 6.32. The van der Waals surface area contributed by atoms with E-state index in [0.29, 0.717) is 28.4 Å². The van der Waals surface area contributed by atoms with Crippen molar-refractivity contribution in [1.82, 2.24) is 0 Å². The standard InChI is InChI=1S/C23H23N3O5S/c1-16-14-21(32(29,30)26-20-6-4-3-5-7-20)12-13-22(16)31-15-23(28)25-19-10-8-18(9-11-19)24-17(2)27/h3-14,26H,15H2,1-2H3,(H,24,27)(H,25,28). The number of nitrogens with one attached hydrogen (secondary N) is 3. The second kappa shape index (κ2) is 9.97. The number of sulfonamides is 1. The number of ether oxygens (including phenoxy) is 1. The Kier molecular flexibility index (Phi) is 7.11. The van der Waals surface area contributed by atoms with Gasteiger partial charge in [-0.05, 0) is 67.1 Å². The number of hydrogen-bond acceptors (Lipinski definition) is 5. The summed E-state index contributed by atoms with van der Waals surface area (Å²) in [5, 5.41) is 5.34. The molecule has 0 spiro atoms. The van der Waals surface area contributed by atoms with Crippen LogP contribution in [-0.2, 0) is 19.6 Å². The number of amides is 2. The van der Waals surface area contributed by atoms with Gasteiger partial charge in [-0.1, -0.05) is 18.2 Å². The first-order chi connectivity index (χ1) is 15.2. The van der Waals surface area contributed by atoms with Gasteiger partial charge < -0.3 is 15.4 Å². The van der Waals surface area contributed by atoms with E-state index >= 15 is 0 Å². The molecule has 166 valence electrons. The molecule has 3 aromatic carbocycles. The quantitative estimate of drug-likeness (QED) is 0.480. The summed E-state index contributed by atoms with van der Waals surface area (Å²) in [4.78, 5) is 23.3. The van der Waals surface area contributed by atoms with Crippen molar-refractivity contribution in [2.45, 2.75) is 18.7 Å². The van der Waals surface area contributed by atoms with Crippen LogP contribution in [0.5, 0.6) is 5.75 Å². The molecule has 0 saturated heterocycles. The minimum atomic E-state index is -3.75. The lowest BCUT2D eigenvalue weighted by molar-refractivity contribution is -0.118. The van der Waals surface area contributed by atoms with Crippen molar-refractivity contribution in [2.75, 3.05) is 22.0 Å². The summed E-state index contributed by atoms with van der Waals surface area (Å²) in [5.74, 6) is -0.154. The van der Waals surface area contributed by atoms with E-state index in [4.69, 9.17) is 4.74 Å². The fourth-order valence-electron chi connectivity index (χ4n) is 2.85. The van der Waals surface area contributed by atoms with E-state index in [0.717, 1.165) is 0 Å². The second-order valence-electron chi connectivity index (χ2n) is 6.99. The zero-order valence-corrected chi connectivity index (χ0v) is 18.4. The lowest BCUT2D eigenvalue weighted by atomic mass is 10.2. The molecule has 8 nitrogen and oxygen atoms in total. The number of carbonyl (C=O) groups excluding carboxylic acids is 2. The van der Waals surface area contributed by atoms with Crippen molar-refractivity contribution in [2.24, 2.45) is 0 Å². The molecule has 0 aromatic heterocycles. The largest absolute Gasteiger partial charge is 0.483 e. The van der Waals surface area contributed by atoms with E-state index in [1.807, 2.05) is 0 Å². The normalized spacial score (nSPS) is 10.8. The maximum atomic E-state index is 12.6. The first-order valence-electron chi connectivity index (χ1n) is 9.72. The zero-order chi connectivity index (χ0) is 23.1. The van der Waals surface area contributed by atoms with Crippen LogP contribution in [-0.4, -0.2) is 26.8 Å². The Balaban J connectivity index is 1.58. The van der Waals surface area contributed by atoms with Gasteiger partial charge in [0.25, 0.3) is 15.9 Å². The zero-order valence-electron chi connectivity index (χ0n) is 17.6. The maximum absolute atomic E-state index is 12.6. The lowest BCUT2D eigenvalue weighted by Crippen LogP contribution is -2.20. The fraction of sp³-hybridized carbons (Fsp3) is 0.130. The fourth-order valence-corrected chi connectivity index (χ4v) is 4.00. The van der Waals surface area contributed by atoms with Gasteiger partial charge in [0.15, 0.2) is 6.61 Å². The van der Waals surface area contributed by atoms with Crippen molar-refractivity contribution in [3.05, 3.63) is 78.4 Å². The molecule has 0 aliphatic rings. The minimum absolute atomic E-state index is 0.0925. The van der Waals surface area contributed by atoms with Crippen LogP contribution in [0.2, 0.25) is 0 Å². The number of hydrogen-bond donors (Lipinski definition) is 3. The van der Waals surface area contributed by atoms with Gasteiger partial charge in [-0.3, -0.25) is 14.3 Å². The van der Waals surface area contributed by atoms with E-state index in [9.17, 15) is 18.0 Å². The number of rotatable bonds is 8. The van der Waals surface area contributed by atoms with Crippen LogP contribution < -0.4 is 20.1 Å². The maximum Gasteiger partial charge on any atom is 0.262 e. The highest BCUT2D eigenvalue weighted by Gasteiger charge is 2.16. The Morgan fingerprint density at radius 2 is 1.47 bits per heavy atom. The Morgan fingerprint density at radius 3 is 2.06 bits per heavy atom.